The number of aromatic amines is 1. The van der Waals surface area contributed by atoms with Crippen molar-refractivity contribution in [3.63, 3.8) is 0 Å². The van der Waals surface area contributed by atoms with Crippen molar-refractivity contribution < 1.29 is 4.79 Å². The minimum Gasteiger partial charge on any atom is -0.366 e. The molecule has 0 saturated carbocycles. The highest BCUT2D eigenvalue weighted by Crippen LogP contribution is 2.20. The summed E-state index contributed by atoms with van der Waals surface area (Å²) in [6.45, 7) is 1.73. The standard InChI is InChI=1S/C17H16ClN5O2/c1-10(22(2)3)20-17(25)13-9-19-23-15(24)8-14(21-16(13)23)11-4-6-12(18)7-5-11/h4-9,19H,1-3H3. The number of amidine groups is 1. The number of amides is 1. The maximum absolute atomic E-state index is 12.4. The number of nitrogens with one attached hydrogen (secondary N) is 1. The highest BCUT2D eigenvalue weighted by Gasteiger charge is 2.16. The molecule has 0 radical (unpaired) electrons. The largest absolute Gasteiger partial charge is 0.366 e. The predicted octanol–water partition coefficient (Wildman–Crippen LogP) is 2.46. The van der Waals surface area contributed by atoms with Gasteiger partial charge in [-0.25, -0.2) is 9.50 Å². The molecule has 0 fully saturated rings. The third-order valence-corrected chi connectivity index (χ3v) is 4.03. The van der Waals surface area contributed by atoms with Crippen molar-refractivity contribution in [3.05, 3.63) is 57.5 Å². The van der Waals surface area contributed by atoms with Gasteiger partial charge in [0.25, 0.3) is 11.5 Å². The molecule has 8 heteroatoms. The quantitative estimate of drug-likeness (QED) is 0.564. The van der Waals surface area contributed by atoms with Crippen molar-refractivity contribution in [3.8, 4) is 11.3 Å². The lowest BCUT2D eigenvalue weighted by Gasteiger charge is -2.09. The third kappa shape index (κ3) is 3.32. The fraction of sp³-hybridized carbons (Fsp3) is 0.176. The van der Waals surface area contributed by atoms with Crippen LogP contribution >= 0.6 is 11.6 Å². The summed E-state index contributed by atoms with van der Waals surface area (Å²) < 4.78 is 1.22. The van der Waals surface area contributed by atoms with Crippen LogP contribution in [0.2, 0.25) is 5.02 Å². The number of hydrogen-bond acceptors (Lipinski definition) is 3. The molecular weight excluding hydrogens is 342 g/mol. The zero-order valence-electron chi connectivity index (χ0n) is 13.9. The molecule has 1 N–H and O–H groups in total. The molecule has 0 aliphatic rings. The van der Waals surface area contributed by atoms with Gasteiger partial charge in [-0.15, -0.1) is 0 Å². The van der Waals surface area contributed by atoms with Gasteiger partial charge in [0.15, 0.2) is 5.65 Å². The number of carbonyl (C=O) groups excluding carboxylic acids is 1. The number of aromatic nitrogens is 3. The van der Waals surface area contributed by atoms with Gasteiger partial charge in [-0.2, -0.15) is 4.99 Å². The van der Waals surface area contributed by atoms with Crippen LogP contribution in [0, 0.1) is 0 Å². The molecule has 0 saturated heterocycles. The van der Waals surface area contributed by atoms with Gasteiger partial charge in [-0.3, -0.25) is 14.7 Å². The van der Waals surface area contributed by atoms with Crippen molar-refractivity contribution in [2.75, 3.05) is 14.1 Å². The number of halogens is 1. The number of rotatable bonds is 2. The van der Waals surface area contributed by atoms with Gasteiger partial charge in [-0.1, -0.05) is 23.7 Å². The fourth-order valence-electron chi connectivity index (χ4n) is 2.21. The molecule has 3 aromatic rings. The first kappa shape index (κ1) is 16.9. The van der Waals surface area contributed by atoms with E-state index in [1.54, 1.807) is 50.2 Å². The first-order chi connectivity index (χ1) is 11.9. The second-order valence-electron chi connectivity index (χ2n) is 5.69. The Balaban J connectivity index is 2.13. The Morgan fingerprint density at radius 3 is 2.60 bits per heavy atom. The summed E-state index contributed by atoms with van der Waals surface area (Å²) in [6, 6.07) is 8.37. The monoisotopic (exact) mass is 357 g/mol. The van der Waals surface area contributed by atoms with Crippen LogP contribution in [0.1, 0.15) is 17.3 Å². The second-order valence-corrected chi connectivity index (χ2v) is 6.13. The molecule has 3 rings (SSSR count). The van der Waals surface area contributed by atoms with Crippen molar-refractivity contribution >= 4 is 29.0 Å². The molecule has 0 aliphatic carbocycles. The highest BCUT2D eigenvalue weighted by molar-refractivity contribution is 6.30. The number of fused-ring (bicyclic) bond motifs is 1. The SMILES string of the molecule is CC(=NC(=O)c1c[nH]n2c(=O)cc(-c3ccc(Cl)cc3)nc12)N(C)C. The van der Waals surface area contributed by atoms with Crippen LogP contribution < -0.4 is 5.56 Å². The smallest absolute Gasteiger partial charge is 0.284 e. The maximum Gasteiger partial charge on any atom is 0.284 e. The topological polar surface area (TPSA) is 82.8 Å². The van der Waals surface area contributed by atoms with Gasteiger partial charge in [0.1, 0.15) is 11.4 Å². The van der Waals surface area contributed by atoms with E-state index >= 15 is 0 Å². The molecule has 7 nitrogen and oxygen atoms in total. The molecule has 128 valence electrons. The van der Waals surface area contributed by atoms with Gasteiger partial charge in [-0.05, 0) is 19.1 Å². The normalized spacial score (nSPS) is 11.8. The van der Waals surface area contributed by atoms with Gasteiger partial charge in [0.2, 0.25) is 0 Å². The number of nitrogens with zero attached hydrogens (tertiary/aromatic N) is 4. The Morgan fingerprint density at radius 2 is 1.96 bits per heavy atom. The van der Waals surface area contributed by atoms with Crippen LogP contribution in [-0.4, -0.2) is 45.3 Å². The molecule has 2 aromatic heterocycles. The number of hydrogen-bond donors (Lipinski definition) is 1. The van der Waals surface area contributed by atoms with E-state index in [2.05, 4.69) is 15.1 Å². The molecular formula is C17H16ClN5O2. The number of benzene rings is 1. The zero-order chi connectivity index (χ0) is 18.1. The predicted molar refractivity (Wildman–Crippen MR) is 97.4 cm³/mol. The Morgan fingerprint density at radius 1 is 1.28 bits per heavy atom. The second kappa shape index (κ2) is 6.52. The van der Waals surface area contributed by atoms with Crippen molar-refractivity contribution in [1.29, 1.82) is 0 Å². The summed E-state index contributed by atoms with van der Waals surface area (Å²) in [6.07, 6.45) is 1.43. The van der Waals surface area contributed by atoms with Crippen molar-refractivity contribution in [1.82, 2.24) is 19.5 Å². The van der Waals surface area contributed by atoms with Gasteiger partial charge < -0.3 is 4.90 Å². The highest BCUT2D eigenvalue weighted by atomic mass is 35.5. The van der Waals surface area contributed by atoms with E-state index in [0.717, 1.165) is 5.56 Å². The Labute approximate surface area is 148 Å². The van der Waals surface area contributed by atoms with Crippen LogP contribution in [0.25, 0.3) is 16.9 Å². The maximum atomic E-state index is 12.4. The minimum atomic E-state index is -0.467. The average molecular weight is 358 g/mol. The van der Waals surface area contributed by atoms with E-state index in [1.165, 1.54) is 16.8 Å². The van der Waals surface area contributed by atoms with Crippen LogP contribution in [-0.2, 0) is 0 Å². The van der Waals surface area contributed by atoms with E-state index < -0.39 is 5.91 Å². The van der Waals surface area contributed by atoms with E-state index in [0.29, 0.717) is 16.6 Å². The Kier molecular flexibility index (Phi) is 4.41. The van der Waals surface area contributed by atoms with E-state index in [4.69, 9.17) is 11.6 Å². The van der Waals surface area contributed by atoms with E-state index in [9.17, 15) is 9.59 Å². The lowest BCUT2D eigenvalue weighted by molar-refractivity contribution is 0.100. The average Bonchev–Trinajstić information content (AvgIpc) is 3.00. The summed E-state index contributed by atoms with van der Waals surface area (Å²) in [5, 5.41) is 3.33. The molecule has 1 amide bonds. The first-order valence-electron chi connectivity index (χ1n) is 7.51. The Hall–Kier alpha value is -2.93. The summed E-state index contributed by atoms with van der Waals surface area (Å²) >= 11 is 5.89. The third-order valence-electron chi connectivity index (χ3n) is 3.78. The van der Waals surface area contributed by atoms with Gasteiger partial charge >= 0.3 is 0 Å². The molecule has 1 aromatic carbocycles. The molecule has 0 unspecified atom stereocenters. The van der Waals surface area contributed by atoms with Crippen molar-refractivity contribution in [2.24, 2.45) is 4.99 Å². The van der Waals surface area contributed by atoms with E-state index in [1.807, 2.05) is 0 Å². The van der Waals surface area contributed by atoms with Crippen molar-refractivity contribution in [2.45, 2.75) is 6.92 Å². The molecule has 0 atom stereocenters. The molecule has 0 bridgehead atoms. The lowest BCUT2D eigenvalue weighted by atomic mass is 10.1. The number of aliphatic imine (C=N–C) groups is 1. The van der Waals surface area contributed by atoms with Crippen LogP contribution in [0.5, 0.6) is 0 Å². The summed E-state index contributed by atoms with van der Waals surface area (Å²) in [5.41, 5.74) is 1.34. The Bertz CT molecular complexity index is 1030. The zero-order valence-corrected chi connectivity index (χ0v) is 14.7. The van der Waals surface area contributed by atoms with Crippen LogP contribution in [0.15, 0.2) is 46.3 Å². The summed E-state index contributed by atoms with van der Waals surface area (Å²) in [5.74, 6) is 0.0886. The molecule has 2 heterocycles. The molecule has 0 spiro atoms. The molecule has 25 heavy (non-hydrogen) atoms. The first-order valence-corrected chi connectivity index (χ1v) is 7.88. The van der Waals surface area contributed by atoms with Gasteiger partial charge in [0, 0.05) is 36.9 Å². The number of carbonyl (C=O) groups is 1. The minimum absolute atomic E-state index is 0.231. The lowest BCUT2D eigenvalue weighted by Crippen LogP contribution is -2.20. The molecule has 0 aliphatic heterocycles. The van der Waals surface area contributed by atoms with Crippen LogP contribution in [0.4, 0.5) is 0 Å². The summed E-state index contributed by atoms with van der Waals surface area (Å²) in [4.78, 5) is 35.0. The fourth-order valence-corrected chi connectivity index (χ4v) is 2.34. The van der Waals surface area contributed by atoms with E-state index in [-0.39, 0.29) is 16.8 Å². The van der Waals surface area contributed by atoms with Crippen LogP contribution in [0.3, 0.4) is 0 Å². The summed E-state index contributed by atoms with van der Waals surface area (Å²) in [7, 11) is 3.59. The van der Waals surface area contributed by atoms with Gasteiger partial charge in [0.05, 0.1) is 5.69 Å². The number of H-pyrrole nitrogens is 1.